The first-order chi connectivity index (χ1) is 16.4. The van der Waals surface area contributed by atoms with Gasteiger partial charge < -0.3 is 20.6 Å². The summed E-state index contributed by atoms with van der Waals surface area (Å²) in [5, 5.41) is 16.7. The zero-order valence-corrected chi connectivity index (χ0v) is 18.8. The van der Waals surface area contributed by atoms with Crippen molar-refractivity contribution in [2.45, 2.75) is 6.54 Å². The van der Waals surface area contributed by atoms with Gasteiger partial charge in [-0.15, -0.1) is 0 Å². The molecule has 8 nitrogen and oxygen atoms in total. The Morgan fingerprint density at radius 2 is 1.41 bits per heavy atom. The second kappa shape index (κ2) is 9.50. The van der Waals surface area contributed by atoms with Crippen LogP contribution in [0.2, 0.25) is 0 Å². The fourth-order valence-corrected chi connectivity index (χ4v) is 3.58. The molecule has 0 spiro atoms. The Labute approximate surface area is 197 Å². The Hall–Kier alpha value is -4.59. The molecule has 1 aliphatic heterocycles. The molecule has 0 aliphatic carbocycles. The van der Waals surface area contributed by atoms with Gasteiger partial charge in [-0.3, -0.25) is 19.3 Å². The maximum absolute atomic E-state index is 13.4. The number of hydrogen-bond acceptors (Lipinski definition) is 6. The summed E-state index contributed by atoms with van der Waals surface area (Å²) in [5.41, 5.74) is 1.67. The lowest BCUT2D eigenvalue weighted by Crippen LogP contribution is -2.32. The van der Waals surface area contributed by atoms with E-state index < -0.39 is 17.7 Å². The molecule has 0 saturated heterocycles. The molecule has 34 heavy (non-hydrogen) atoms. The number of amides is 3. The Kier molecular flexibility index (Phi) is 6.31. The second-order valence-electron chi connectivity index (χ2n) is 7.95. The largest absolute Gasteiger partial charge is 0.505 e. The number of nitrogens with zero attached hydrogens (tertiary/aromatic N) is 2. The number of aromatic hydroxyl groups is 1. The predicted molar refractivity (Wildman–Crippen MR) is 129 cm³/mol. The van der Waals surface area contributed by atoms with E-state index in [-0.39, 0.29) is 34.9 Å². The van der Waals surface area contributed by atoms with Crippen molar-refractivity contribution in [2.24, 2.45) is 0 Å². The Balaban J connectivity index is 1.72. The van der Waals surface area contributed by atoms with Gasteiger partial charge in [0.15, 0.2) is 5.75 Å². The smallest absolute Gasteiger partial charge is 0.279 e. The van der Waals surface area contributed by atoms with Crippen molar-refractivity contribution < 1.29 is 19.5 Å². The van der Waals surface area contributed by atoms with Crippen molar-refractivity contribution in [2.75, 3.05) is 24.7 Å². The Morgan fingerprint density at radius 3 is 2.03 bits per heavy atom. The lowest BCUT2D eigenvalue weighted by Gasteiger charge is -2.16. The number of hydrogen-bond donors (Lipinski definition) is 3. The number of anilines is 2. The van der Waals surface area contributed by atoms with Gasteiger partial charge >= 0.3 is 0 Å². The Morgan fingerprint density at radius 1 is 0.824 bits per heavy atom. The van der Waals surface area contributed by atoms with E-state index in [4.69, 9.17) is 0 Å². The van der Waals surface area contributed by atoms with Crippen LogP contribution in [-0.4, -0.2) is 46.7 Å². The van der Waals surface area contributed by atoms with Crippen LogP contribution in [0.3, 0.4) is 0 Å². The molecule has 3 N–H and O–H groups in total. The normalized spacial score (nSPS) is 13.3. The molecule has 1 aliphatic rings. The number of phenolic OH excluding ortho intramolecular Hbond substituents is 1. The summed E-state index contributed by atoms with van der Waals surface area (Å²) in [6.45, 7) is 0.0921. The fraction of sp³-hybridized carbons (Fsp3) is 0.115. The molecule has 172 valence electrons. The van der Waals surface area contributed by atoms with E-state index in [0.29, 0.717) is 5.69 Å². The summed E-state index contributed by atoms with van der Waals surface area (Å²) in [6.07, 6.45) is 0. The number of imide groups is 1. The van der Waals surface area contributed by atoms with Gasteiger partial charge in [-0.2, -0.15) is 0 Å². The number of carbonyl (C=O) groups excluding carboxylic acids is 3. The van der Waals surface area contributed by atoms with E-state index in [1.165, 1.54) is 17.0 Å². The van der Waals surface area contributed by atoms with Gasteiger partial charge in [-0.05, 0) is 29.8 Å². The van der Waals surface area contributed by atoms with Crippen LogP contribution in [0.1, 0.15) is 15.9 Å². The fourth-order valence-electron chi connectivity index (χ4n) is 3.58. The van der Waals surface area contributed by atoms with Gasteiger partial charge in [0.25, 0.3) is 17.7 Å². The monoisotopic (exact) mass is 456 g/mol. The summed E-state index contributed by atoms with van der Waals surface area (Å²) in [5.74, 6) is -1.75. The first-order valence-corrected chi connectivity index (χ1v) is 10.6. The molecule has 4 rings (SSSR count). The summed E-state index contributed by atoms with van der Waals surface area (Å²) >= 11 is 0. The van der Waals surface area contributed by atoms with Crippen LogP contribution in [0.5, 0.6) is 5.75 Å². The summed E-state index contributed by atoms with van der Waals surface area (Å²) in [7, 11) is 3.15. The molecular weight excluding hydrogens is 432 g/mol. The third kappa shape index (κ3) is 4.47. The van der Waals surface area contributed by atoms with E-state index in [0.717, 1.165) is 10.5 Å². The third-order valence-electron chi connectivity index (χ3n) is 5.33. The maximum Gasteiger partial charge on any atom is 0.279 e. The SMILES string of the molecule is CN(C)C(=O)c1cccc(NC2=C(Nc3ccccc3)C(=O)N(Cc3ccccc3)C2=O)c1O. The molecule has 0 bridgehead atoms. The standard InChI is InChI=1S/C26H24N4O4/c1-29(2)24(32)19-14-9-15-20(23(19)31)28-22-21(27-18-12-7-4-8-13-18)25(33)30(26(22)34)16-17-10-5-3-6-11-17/h3-15,27-28,31H,16H2,1-2H3. The lowest BCUT2D eigenvalue weighted by atomic mass is 10.1. The average Bonchev–Trinajstić information content (AvgIpc) is 3.05. The zero-order chi connectivity index (χ0) is 24.2. The number of phenols is 1. The van der Waals surface area contributed by atoms with E-state index in [1.54, 1.807) is 44.4 Å². The lowest BCUT2D eigenvalue weighted by molar-refractivity contribution is -0.138. The topological polar surface area (TPSA) is 102 Å². The van der Waals surface area contributed by atoms with E-state index >= 15 is 0 Å². The minimum atomic E-state index is -0.545. The van der Waals surface area contributed by atoms with E-state index in [1.807, 2.05) is 36.4 Å². The molecule has 0 radical (unpaired) electrons. The molecule has 0 atom stereocenters. The molecule has 1 heterocycles. The molecule has 0 unspecified atom stereocenters. The van der Waals surface area contributed by atoms with Gasteiger partial charge in [-0.1, -0.05) is 54.6 Å². The molecule has 0 saturated carbocycles. The molecule has 3 amide bonds. The molecule has 0 fully saturated rings. The van der Waals surface area contributed by atoms with E-state index in [9.17, 15) is 19.5 Å². The van der Waals surface area contributed by atoms with Crippen LogP contribution < -0.4 is 10.6 Å². The van der Waals surface area contributed by atoms with E-state index in [2.05, 4.69) is 10.6 Å². The van der Waals surface area contributed by atoms with Crippen molar-refractivity contribution in [3.05, 3.63) is 101 Å². The number of nitrogens with one attached hydrogen (secondary N) is 2. The first kappa shape index (κ1) is 22.6. The predicted octanol–water partition coefficient (Wildman–Crippen LogP) is 3.40. The number of carbonyl (C=O) groups is 3. The second-order valence-corrected chi connectivity index (χ2v) is 7.95. The quantitative estimate of drug-likeness (QED) is 0.372. The number of benzene rings is 3. The van der Waals surface area contributed by atoms with Crippen molar-refractivity contribution in [1.29, 1.82) is 0 Å². The molecule has 3 aromatic carbocycles. The summed E-state index contributed by atoms with van der Waals surface area (Å²) < 4.78 is 0. The van der Waals surface area contributed by atoms with Crippen molar-refractivity contribution in [3.63, 3.8) is 0 Å². The highest BCUT2D eigenvalue weighted by molar-refractivity contribution is 6.21. The molecule has 0 aromatic heterocycles. The first-order valence-electron chi connectivity index (χ1n) is 10.6. The van der Waals surface area contributed by atoms with Crippen molar-refractivity contribution >= 4 is 29.1 Å². The zero-order valence-electron chi connectivity index (χ0n) is 18.8. The highest BCUT2D eigenvalue weighted by atomic mass is 16.3. The number of para-hydroxylation sites is 2. The van der Waals surface area contributed by atoms with Crippen LogP contribution in [0.25, 0.3) is 0 Å². The molecule has 8 heteroatoms. The van der Waals surface area contributed by atoms with Gasteiger partial charge in [0.05, 0.1) is 17.8 Å². The average molecular weight is 457 g/mol. The van der Waals surface area contributed by atoms with Crippen LogP contribution in [0.4, 0.5) is 11.4 Å². The summed E-state index contributed by atoms with van der Waals surface area (Å²) in [6, 6.07) is 22.8. The van der Waals surface area contributed by atoms with Crippen LogP contribution in [0, 0.1) is 0 Å². The minimum Gasteiger partial charge on any atom is -0.505 e. The van der Waals surface area contributed by atoms with Gasteiger partial charge in [0.1, 0.15) is 11.4 Å². The van der Waals surface area contributed by atoms with Crippen LogP contribution in [0.15, 0.2) is 90.3 Å². The molecule has 3 aromatic rings. The van der Waals surface area contributed by atoms with Crippen molar-refractivity contribution in [1.82, 2.24) is 9.80 Å². The van der Waals surface area contributed by atoms with Gasteiger partial charge in [0.2, 0.25) is 0 Å². The summed E-state index contributed by atoms with van der Waals surface area (Å²) in [4.78, 5) is 41.5. The highest BCUT2D eigenvalue weighted by Crippen LogP contribution is 2.32. The van der Waals surface area contributed by atoms with Crippen molar-refractivity contribution in [3.8, 4) is 5.75 Å². The molecular formula is C26H24N4O4. The third-order valence-corrected chi connectivity index (χ3v) is 5.33. The highest BCUT2D eigenvalue weighted by Gasteiger charge is 2.39. The number of rotatable bonds is 7. The minimum absolute atomic E-state index is 0.0189. The van der Waals surface area contributed by atoms with Gasteiger partial charge in [0, 0.05) is 19.8 Å². The Bertz CT molecular complexity index is 1270. The van der Waals surface area contributed by atoms with Crippen LogP contribution in [-0.2, 0) is 16.1 Å². The van der Waals surface area contributed by atoms with Gasteiger partial charge in [-0.25, -0.2) is 0 Å². The maximum atomic E-state index is 13.4. The van der Waals surface area contributed by atoms with Crippen LogP contribution >= 0.6 is 0 Å².